The molecule has 1 aromatic carbocycles. The average molecular weight is 915 g/mol. The van der Waals surface area contributed by atoms with Crippen molar-refractivity contribution in [3.8, 4) is 35.0 Å². The number of carbonyl (C=O) groups is 3. The van der Waals surface area contributed by atoms with Crippen molar-refractivity contribution in [3.63, 3.8) is 0 Å². The maximum absolute atomic E-state index is 11.8. The van der Waals surface area contributed by atoms with Crippen molar-refractivity contribution < 1.29 is 28.6 Å². The summed E-state index contributed by atoms with van der Waals surface area (Å²) in [7, 11) is 5.89. The molecule has 3 aromatic heterocycles. The SMILES string of the molecule is C#CN.CC1CC1C(=O)N1CCN(C)CC1.CCOC(c1nc(-c2ccc3c(c2)c(CC(C)(C)COC=O)c(-c2cccnc2C(C)OC)n3CC)cs1)C(C)C=O.CN1CCCCN1. The summed E-state index contributed by atoms with van der Waals surface area (Å²) < 4.78 is 19.2. The maximum atomic E-state index is 11.8. The number of amides is 1. The van der Waals surface area contributed by atoms with Gasteiger partial charge in [0.15, 0.2) is 0 Å². The lowest BCUT2D eigenvalue weighted by molar-refractivity contribution is -0.134. The number of nitrogens with two attached hydrogens (primary N) is 1. The number of nitrogens with zero attached hydrogens (tertiary/aromatic N) is 6. The van der Waals surface area contributed by atoms with Gasteiger partial charge in [-0.05, 0) is 95.3 Å². The molecule has 2 saturated heterocycles. The van der Waals surface area contributed by atoms with E-state index in [0.29, 0.717) is 43.8 Å². The van der Waals surface area contributed by atoms with Crippen LogP contribution in [0.3, 0.4) is 0 Å². The highest BCUT2D eigenvalue weighted by Crippen LogP contribution is 2.42. The number of aryl methyl sites for hydroxylation is 1. The summed E-state index contributed by atoms with van der Waals surface area (Å²) in [5, 5.41) is 6.07. The molecule has 1 aliphatic carbocycles. The lowest BCUT2D eigenvalue weighted by Crippen LogP contribution is -2.47. The second-order valence-electron chi connectivity index (χ2n) is 18.0. The zero-order valence-corrected chi connectivity index (χ0v) is 41.3. The number of hydrazine groups is 1. The Labute approximate surface area is 391 Å². The van der Waals surface area contributed by atoms with E-state index in [9.17, 15) is 14.4 Å². The van der Waals surface area contributed by atoms with E-state index in [-0.39, 0.29) is 23.5 Å². The summed E-state index contributed by atoms with van der Waals surface area (Å²) in [4.78, 5) is 48.4. The number of carbonyl (C=O) groups excluding carboxylic acids is 3. The molecule has 2 aliphatic heterocycles. The van der Waals surface area contributed by atoms with E-state index in [1.807, 2.05) is 37.1 Å². The molecule has 1 saturated carbocycles. The number of nitrogens with one attached hydrogen (secondary N) is 1. The zero-order chi connectivity index (χ0) is 47.7. The lowest BCUT2D eigenvalue weighted by Gasteiger charge is -2.32. The van der Waals surface area contributed by atoms with Gasteiger partial charge < -0.3 is 39.1 Å². The normalized spacial score (nSPS) is 18.9. The minimum absolute atomic E-state index is 0.195. The van der Waals surface area contributed by atoms with Crippen molar-refractivity contribution in [1.82, 2.24) is 34.8 Å². The highest BCUT2D eigenvalue weighted by atomic mass is 32.1. The largest absolute Gasteiger partial charge is 0.467 e. The Kier molecular flexibility index (Phi) is 21.1. The van der Waals surface area contributed by atoms with Gasteiger partial charge in [0, 0.05) is 117 Å². The van der Waals surface area contributed by atoms with Crippen LogP contribution in [0, 0.1) is 35.6 Å². The number of ether oxygens (including phenoxy) is 3. The van der Waals surface area contributed by atoms with E-state index in [4.69, 9.17) is 24.2 Å². The number of piperazine rings is 1. The van der Waals surface area contributed by atoms with Gasteiger partial charge in [0.2, 0.25) is 5.91 Å². The molecule has 65 heavy (non-hydrogen) atoms. The molecule has 5 atom stereocenters. The number of fused-ring (bicyclic) bond motifs is 1. The lowest BCUT2D eigenvalue weighted by atomic mass is 9.84. The molecule has 7 rings (SSSR count). The molecular formula is C50H74N8O6S. The fourth-order valence-electron chi connectivity index (χ4n) is 8.24. The molecule has 1 amide bonds. The summed E-state index contributed by atoms with van der Waals surface area (Å²) in [5.41, 5.74) is 14.3. The second kappa shape index (κ2) is 25.9. The number of pyridine rings is 1. The van der Waals surface area contributed by atoms with Gasteiger partial charge in [-0.2, -0.15) is 0 Å². The molecular weight excluding hydrogens is 841 g/mol. The fourth-order valence-corrected chi connectivity index (χ4v) is 9.23. The number of likely N-dealkylation sites (N-methyl/N-ethyl adjacent to an activating group) is 1. The molecule has 3 N–H and O–H groups in total. The number of methoxy groups -OCH3 is 1. The van der Waals surface area contributed by atoms with Crippen molar-refractivity contribution in [1.29, 1.82) is 0 Å². The van der Waals surface area contributed by atoms with E-state index >= 15 is 0 Å². The van der Waals surface area contributed by atoms with Crippen LogP contribution in [0.25, 0.3) is 33.4 Å². The summed E-state index contributed by atoms with van der Waals surface area (Å²) in [6, 6.07) is 12.3. The van der Waals surface area contributed by atoms with Gasteiger partial charge in [-0.3, -0.25) is 20.0 Å². The first-order chi connectivity index (χ1) is 31.2. The summed E-state index contributed by atoms with van der Waals surface area (Å²) in [6.45, 7) is 22.7. The van der Waals surface area contributed by atoms with Crippen molar-refractivity contribution >= 4 is 40.9 Å². The Hall–Kier alpha value is -4.69. The quantitative estimate of drug-likeness (QED) is 0.0655. The standard InChI is InChI=1S/C33H41N3O5S.C10H18N2O.C5H12N2.C2H3N/c1-8-36-28-13-12-23(27-18-42-32(35-27)31(41-9-2)21(3)17-37)15-25(28)26(16-33(5,6)19-40-20-38)30(36)24-11-10-14-34-29(24)22(4)39-7;1-8-7-9(8)10(13)12-5-3-11(2)4-6-12;1-7-5-3-2-4-6-7;1-2-3/h10-15,17-18,20-22,31H,8-9,16,19H2,1-7H3;8-9H,3-7H2,1-2H3;6H,2-5H2,1H3;1H,3H2. The molecule has 5 heterocycles. The number of terminal acetylenes is 1. The third-order valence-electron chi connectivity index (χ3n) is 12.2. The molecule has 15 heteroatoms. The third kappa shape index (κ3) is 14.7. The summed E-state index contributed by atoms with van der Waals surface area (Å²) >= 11 is 1.51. The highest BCUT2D eigenvalue weighted by molar-refractivity contribution is 7.10. The Bertz CT molecular complexity index is 2150. The van der Waals surface area contributed by atoms with Crippen LogP contribution in [0.2, 0.25) is 0 Å². The monoisotopic (exact) mass is 915 g/mol. The fraction of sp³-hybridized carbons (Fsp3) is 0.580. The van der Waals surface area contributed by atoms with Crippen LogP contribution >= 0.6 is 11.3 Å². The van der Waals surface area contributed by atoms with E-state index in [1.165, 1.54) is 30.7 Å². The van der Waals surface area contributed by atoms with E-state index in [2.05, 4.69) is 98.1 Å². The van der Waals surface area contributed by atoms with Crippen LogP contribution in [0.5, 0.6) is 0 Å². The Morgan fingerprint density at radius 1 is 1.11 bits per heavy atom. The number of aromatic nitrogens is 3. The topological polar surface area (TPSA) is 157 Å². The van der Waals surface area contributed by atoms with Crippen LogP contribution in [-0.2, 0) is 41.6 Å². The van der Waals surface area contributed by atoms with Crippen molar-refractivity contribution in [3.05, 3.63) is 58.2 Å². The summed E-state index contributed by atoms with van der Waals surface area (Å²) in [6.07, 6.45) is 11.0. The first-order valence-electron chi connectivity index (χ1n) is 23.0. The molecule has 356 valence electrons. The van der Waals surface area contributed by atoms with Crippen LogP contribution < -0.4 is 11.2 Å². The Morgan fingerprint density at radius 2 is 1.82 bits per heavy atom. The Balaban J connectivity index is 0.000000324. The average Bonchev–Trinajstić information content (AvgIpc) is 3.70. The van der Waals surface area contributed by atoms with Crippen molar-refractivity contribution in [2.75, 3.05) is 73.7 Å². The van der Waals surface area contributed by atoms with Gasteiger partial charge in [0.05, 0.1) is 29.8 Å². The van der Waals surface area contributed by atoms with Gasteiger partial charge in [-0.1, -0.05) is 40.2 Å². The van der Waals surface area contributed by atoms with Gasteiger partial charge in [-0.15, -0.1) is 11.3 Å². The summed E-state index contributed by atoms with van der Waals surface area (Å²) in [5.74, 6) is 1.12. The van der Waals surface area contributed by atoms with Crippen LogP contribution in [0.4, 0.5) is 0 Å². The predicted molar refractivity (Wildman–Crippen MR) is 261 cm³/mol. The molecule has 4 aromatic rings. The maximum Gasteiger partial charge on any atom is 0.293 e. The van der Waals surface area contributed by atoms with Crippen LogP contribution in [0.15, 0.2) is 41.9 Å². The van der Waals surface area contributed by atoms with E-state index < -0.39 is 0 Å². The molecule has 0 radical (unpaired) electrons. The molecule has 3 aliphatic rings. The van der Waals surface area contributed by atoms with Crippen LogP contribution in [-0.4, -0.2) is 122 Å². The minimum Gasteiger partial charge on any atom is -0.467 e. The van der Waals surface area contributed by atoms with Gasteiger partial charge in [0.1, 0.15) is 17.4 Å². The molecule has 0 bridgehead atoms. The first kappa shape index (κ1) is 52.9. The van der Waals surface area contributed by atoms with Gasteiger partial charge in [-0.25, -0.2) is 9.99 Å². The number of aldehydes is 1. The van der Waals surface area contributed by atoms with Crippen molar-refractivity contribution in [2.45, 2.75) is 92.9 Å². The van der Waals surface area contributed by atoms with Crippen LogP contribution in [0.1, 0.15) is 96.2 Å². The molecule has 0 spiro atoms. The number of thiazole rings is 1. The van der Waals surface area contributed by atoms with Gasteiger partial charge >= 0.3 is 0 Å². The third-order valence-corrected chi connectivity index (χ3v) is 13.1. The molecule has 14 nitrogen and oxygen atoms in total. The molecule has 5 unspecified atom stereocenters. The molecule has 3 fully saturated rings. The number of hydrogen-bond acceptors (Lipinski definition) is 13. The van der Waals surface area contributed by atoms with Crippen molar-refractivity contribution in [2.24, 2.45) is 28.9 Å². The Morgan fingerprint density at radius 3 is 2.37 bits per heavy atom. The number of benzene rings is 1. The number of hydrogen-bond donors (Lipinski definition) is 2. The zero-order valence-electron chi connectivity index (χ0n) is 40.5. The minimum atomic E-state index is -0.372. The number of rotatable bonds is 16. The highest BCUT2D eigenvalue weighted by Gasteiger charge is 2.41. The second-order valence-corrected chi connectivity index (χ2v) is 18.8. The predicted octanol–water partition coefficient (Wildman–Crippen LogP) is 7.38. The van der Waals surface area contributed by atoms with Gasteiger partial charge in [0.25, 0.3) is 6.47 Å². The first-order valence-corrected chi connectivity index (χ1v) is 23.9. The smallest absolute Gasteiger partial charge is 0.293 e. The van der Waals surface area contributed by atoms with E-state index in [0.717, 1.165) is 102 Å². The van der Waals surface area contributed by atoms with E-state index in [1.54, 1.807) is 19.4 Å².